The topological polar surface area (TPSA) is 15.6 Å². The van der Waals surface area contributed by atoms with Gasteiger partial charge in [0.25, 0.3) is 0 Å². The molecule has 0 spiro atoms. The lowest BCUT2D eigenvalue weighted by Gasteiger charge is -2.18. The Morgan fingerprint density at radius 2 is 1.90 bits per heavy atom. The maximum Gasteiger partial charge on any atom is 0.169 e. The van der Waals surface area contributed by atoms with E-state index >= 15 is 0 Å². The number of hydrogen-bond donors (Lipinski definition) is 0. The lowest BCUT2D eigenvalue weighted by atomic mass is 10.0. The van der Waals surface area contributed by atoms with Gasteiger partial charge in [-0.2, -0.15) is 0 Å². The van der Waals surface area contributed by atoms with E-state index in [2.05, 4.69) is 48.7 Å². The number of rotatable bonds is 4. The Morgan fingerprint density at radius 1 is 1.20 bits per heavy atom. The van der Waals surface area contributed by atoms with E-state index in [1.54, 1.807) is 11.8 Å². The first kappa shape index (κ1) is 14.3. The number of hydrogen-bond acceptors (Lipinski definition) is 4. The zero-order valence-corrected chi connectivity index (χ0v) is 14.0. The molecule has 0 radical (unpaired) electrons. The van der Waals surface area contributed by atoms with Gasteiger partial charge in [-0.1, -0.05) is 37.7 Å². The van der Waals surface area contributed by atoms with Crippen molar-refractivity contribution in [3.63, 3.8) is 0 Å². The van der Waals surface area contributed by atoms with Gasteiger partial charge in [-0.15, -0.1) is 0 Å². The van der Waals surface area contributed by atoms with Crippen LogP contribution >= 0.6 is 23.7 Å². The van der Waals surface area contributed by atoms with Crippen molar-refractivity contribution in [3.8, 4) is 0 Å². The van der Waals surface area contributed by atoms with E-state index in [1.807, 2.05) is 11.9 Å². The third kappa shape index (κ3) is 3.17. The summed E-state index contributed by atoms with van der Waals surface area (Å²) in [7, 11) is 0. The van der Waals surface area contributed by atoms with Gasteiger partial charge in [0, 0.05) is 4.90 Å². The normalized spacial score (nSPS) is 22.5. The predicted octanol–water partition coefficient (Wildman–Crippen LogP) is 4.63. The first-order chi connectivity index (χ1) is 9.67. The fourth-order valence-corrected chi connectivity index (χ4v) is 4.22. The first-order valence-electron chi connectivity index (χ1n) is 7.34. The highest BCUT2D eigenvalue weighted by molar-refractivity contribution is 8.14. The molecule has 0 amide bonds. The summed E-state index contributed by atoms with van der Waals surface area (Å²) < 4.78 is 2.37. The predicted molar refractivity (Wildman–Crippen MR) is 90.6 cm³/mol. The largest absolute Gasteiger partial charge is 0.289 e. The summed E-state index contributed by atoms with van der Waals surface area (Å²) in [6, 6.07) is 9.51. The van der Waals surface area contributed by atoms with Gasteiger partial charge in [0.1, 0.15) is 0 Å². The molecule has 1 aromatic rings. The van der Waals surface area contributed by atoms with Crippen LogP contribution in [-0.4, -0.2) is 28.3 Å². The van der Waals surface area contributed by atoms with Crippen molar-refractivity contribution in [2.24, 2.45) is 10.9 Å². The number of amidine groups is 1. The third-order valence-corrected chi connectivity index (χ3v) is 5.79. The summed E-state index contributed by atoms with van der Waals surface area (Å²) in [4.78, 5) is 6.19. The van der Waals surface area contributed by atoms with Crippen molar-refractivity contribution in [1.82, 2.24) is 4.31 Å². The van der Waals surface area contributed by atoms with Crippen molar-refractivity contribution in [2.75, 3.05) is 12.8 Å². The molecule has 0 saturated heterocycles. The smallest absolute Gasteiger partial charge is 0.169 e. The van der Waals surface area contributed by atoms with Crippen molar-refractivity contribution in [1.29, 1.82) is 0 Å². The number of nitrogens with zero attached hydrogens (tertiary/aromatic N) is 2. The summed E-state index contributed by atoms with van der Waals surface area (Å²) in [6.45, 7) is 5.56. The van der Waals surface area contributed by atoms with Gasteiger partial charge in [0.15, 0.2) is 5.17 Å². The highest BCUT2D eigenvalue weighted by Gasteiger charge is 2.37. The van der Waals surface area contributed by atoms with E-state index in [0.717, 1.165) is 12.5 Å². The molecule has 2 nitrogen and oxygen atoms in total. The Labute approximate surface area is 130 Å². The molecule has 1 heterocycles. The Bertz CT molecular complexity index is 492. The van der Waals surface area contributed by atoms with Crippen LogP contribution in [-0.2, 0) is 0 Å². The number of aliphatic imine (C=N–C) groups is 1. The van der Waals surface area contributed by atoms with Crippen LogP contribution < -0.4 is 0 Å². The van der Waals surface area contributed by atoms with E-state index in [-0.39, 0.29) is 0 Å². The molecule has 0 N–H and O–H groups in total. The van der Waals surface area contributed by atoms with Gasteiger partial charge in [-0.05, 0) is 60.6 Å². The van der Waals surface area contributed by atoms with Crippen LogP contribution in [0.25, 0.3) is 0 Å². The van der Waals surface area contributed by atoms with Gasteiger partial charge in [0.05, 0.1) is 12.6 Å². The Balaban J connectivity index is 1.66. The molecule has 2 aliphatic rings. The van der Waals surface area contributed by atoms with Crippen LogP contribution in [0, 0.1) is 5.92 Å². The second-order valence-electron chi connectivity index (χ2n) is 5.90. The van der Waals surface area contributed by atoms with Crippen LogP contribution in [0.2, 0.25) is 0 Å². The van der Waals surface area contributed by atoms with E-state index in [4.69, 9.17) is 4.99 Å². The number of benzene rings is 1. The van der Waals surface area contributed by atoms with E-state index in [1.165, 1.54) is 28.5 Å². The van der Waals surface area contributed by atoms with E-state index < -0.39 is 0 Å². The highest BCUT2D eigenvalue weighted by atomic mass is 32.2. The van der Waals surface area contributed by atoms with Crippen LogP contribution in [0.4, 0.5) is 0 Å². The molecule has 4 heteroatoms. The minimum absolute atomic E-state index is 0.542. The first-order valence-corrected chi connectivity index (χ1v) is 9.34. The van der Waals surface area contributed by atoms with Crippen molar-refractivity contribution in [2.45, 2.75) is 43.5 Å². The SMILES string of the molecule is CSC1=NC(C2CC2)CN1Sc1ccc(C(C)C)cc1. The van der Waals surface area contributed by atoms with Crippen molar-refractivity contribution in [3.05, 3.63) is 29.8 Å². The second kappa shape index (κ2) is 6.02. The summed E-state index contributed by atoms with van der Waals surface area (Å²) in [5, 5.41) is 1.19. The van der Waals surface area contributed by atoms with E-state index in [9.17, 15) is 0 Å². The average molecular weight is 307 g/mol. The van der Waals surface area contributed by atoms with Gasteiger partial charge in [-0.25, -0.2) is 0 Å². The molecular weight excluding hydrogens is 284 g/mol. The third-order valence-electron chi connectivity index (χ3n) is 3.95. The molecule has 1 saturated carbocycles. The zero-order chi connectivity index (χ0) is 14.1. The fraction of sp³-hybridized carbons (Fsp3) is 0.562. The zero-order valence-electron chi connectivity index (χ0n) is 12.4. The summed E-state index contributed by atoms with van der Waals surface area (Å²) in [5.41, 5.74) is 1.41. The molecule has 1 aliphatic heterocycles. The summed E-state index contributed by atoms with van der Waals surface area (Å²) >= 11 is 3.61. The van der Waals surface area contributed by atoms with Crippen LogP contribution in [0.3, 0.4) is 0 Å². The van der Waals surface area contributed by atoms with E-state index in [0.29, 0.717) is 12.0 Å². The van der Waals surface area contributed by atoms with Crippen LogP contribution in [0.1, 0.15) is 38.2 Å². The molecule has 108 valence electrons. The maximum absolute atomic E-state index is 4.88. The lowest BCUT2D eigenvalue weighted by molar-refractivity contribution is 0.559. The molecule has 0 aromatic heterocycles. The van der Waals surface area contributed by atoms with Crippen LogP contribution in [0.5, 0.6) is 0 Å². The molecule has 0 bridgehead atoms. The van der Waals surface area contributed by atoms with Gasteiger partial charge in [-0.3, -0.25) is 9.30 Å². The molecule has 1 aliphatic carbocycles. The van der Waals surface area contributed by atoms with Gasteiger partial charge >= 0.3 is 0 Å². The summed E-state index contributed by atoms with van der Waals surface area (Å²) in [5.74, 6) is 1.45. The Morgan fingerprint density at radius 3 is 2.45 bits per heavy atom. The van der Waals surface area contributed by atoms with Crippen molar-refractivity contribution >= 4 is 28.9 Å². The molecule has 1 aromatic carbocycles. The summed E-state index contributed by atoms with van der Waals surface area (Å²) in [6.07, 6.45) is 4.87. The lowest BCUT2D eigenvalue weighted by Crippen LogP contribution is -2.21. The highest BCUT2D eigenvalue weighted by Crippen LogP contribution is 2.40. The van der Waals surface area contributed by atoms with Gasteiger partial charge < -0.3 is 0 Å². The Hall–Kier alpha value is -0.610. The number of thioether (sulfide) groups is 1. The molecule has 1 unspecified atom stereocenters. The quantitative estimate of drug-likeness (QED) is 0.754. The molecule has 1 atom stereocenters. The molecule has 1 fully saturated rings. The standard InChI is InChI=1S/C16H22N2S2/c1-11(2)12-6-8-14(9-7-12)20-18-10-15(13-4-5-13)17-16(18)19-3/h6-9,11,13,15H,4-5,10H2,1-3H3. The fourth-order valence-electron chi connectivity index (χ4n) is 2.50. The van der Waals surface area contributed by atoms with Gasteiger partial charge in [0.2, 0.25) is 0 Å². The van der Waals surface area contributed by atoms with Crippen molar-refractivity contribution < 1.29 is 0 Å². The average Bonchev–Trinajstić information content (AvgIpc) is 3.22. The monoisotopic (exact) mass is 306 g/mol. The molecule has 20 heavy (non-hydrogen) atoms. The maximum atomic E-state index is 4.88. The Kier molecular flexibility index (Phi) is 4.32. The molecular formula is C16H22N2S2. The second-order valence-corrected chi connectivity index (χ2v) is 7.76. The minimum Gasteiger partial charge on any atom is -0.289 e. The molecule has 3 rings (SSSR count). The minimum atomic E-state index is 0.542. The van der Waals surface area contributed by atoms with Crippen LogP contribution in [0.15, 0.2) is 34.2 Å².